The van der Waals surface area contributed by atoms with Crippen LogP contribution in [0.1, 0.15) is 18.0 Å². The molecule has 2 aliphatic heterocycles. The van der Waals surface area contributed by atoms with Crippen LogP contribution in [0.5, 0.6) is 0 Å². The van der Waals surface area contributed by atoms with Crippen molar-refractivity contribution in [2.45, 2.75) is 24.4 Å². The summed E-state index contributed by atoms with van der Waals surface area (Å²) in [5, 5.41) is 6.46. The van der Waals surface area contributed by atoms with E-state index in [1.54, 1.807) is 23.5 Å². The standard InChI is InChI=1S/C16H16FN3OS/c17-11-3-1-10(2-4-11)16-19-14(8-22-16)12-7-18-13-5-6-20(9-21)15(12)13/h1-4,8-9,12-13,15,18H,5-7H2/t12-,13-,15-/m1/s1. The molecule has 1 aromatic carbocycles. The summed E-state index contributed by atoms with van der Waals surface area (Å²) in [4.78, 5) is 17.9. The average Bonchev–Trinajstić information content (AvgIpc) is 3.23. The minimum atomic E-state index is -0.240. The minimum Gasteiger partial charge on any atom is -0.340 e. The molecule has 6 heteroatoms. The first-order chi connectivity index (χ1) is 10.8. The first-order valence-electron chi connectivity index (χ1n) is 7.42. The van der Waals surface area contributed by atoms with Crippen LogP contribution >= 0.6 is 11.3 Å². The number of carbonyl (C=O) groups is 1. The number of benzene rings is 1. The monoisotopic (exact) mass is 317 g/mol. The number of halogens is 1. The number of nitrogens with one attached hydrogen (secondary N) is 1. The number of fused-ring (bicyclic) bond motifs is 1. The van der Waals surface area contributed by atoms with E-state index in [1.165, 1.54) is 12.1 Å². The van der Waals surface area contributed by atoms with E-state index in [1.807, 2.05) is 4.90 Å². The summed E-state index contributed by atoms with van der Waals surface area (Å²) in [6.07, 6.45) is 1.97. The van der Waals surface area contributed by atoms with E-state index in [4.69, 9.17) is 4.98 Å². The molecule has 114 valence electrons. The quantitative estimate of drug-likeness (QED) is 0.883. The smallest absolute Gasteiger partial charge is 0.210 e. The highest BCUT2D eigenvalue weighted by Crippen LogP contribution is 2.36. The topological polar surface area (TPSA) is 45.2 Å². The lowest BCUT2D eigenvalue weighted by atomic mass is 9.97. The van der Waals surface area contributed by atoms with Crippen LogP contribution in [0.25, 0.3) is 10.6 Å². The lowest BCUT2D eigenvalue weighted by Gasteiger charge is -2.23. The van der Waals surface area contributed by atoms with E-state index < -0.39 is 0 Å². The van der Waals surface area contributed by atoms with Crippen LogP contribution < -0.4 is 5.32 Å². The van der Waals surface area contributed by atoms with Crippen molar-refractivity contribution in [3.05, 3.63) is 41.2 Å². The maximum atomic E-state index is 13.0. The highest BCUT2D eigenvalue weighted by Gasteiger charge is 2.45. The lowest BCUT2D eigenvalue weighted by molar-refractivity contribution is -0.119. The van der Waals surface area contributed by atoms with Crippen molar-refractivity contribution in [2.75, 3.05) is 13.1 Å². The minimum absolute atomic E-state index is 0.209. The highest BCUT2D eigenvalue weighted by molar-refractivity contribution is 7.13. The fourth-order valence-corrected chi connectivity index (χ4v) is 4.45. The SMILES string of the molecule is O=CN1CC[C@H]2NC[C@H](c3csc(-c4ccc(F)cc4)n3)[C@H]21. The molecular formula is C16H16FN3OS. The summed E-state index contributed by atoms with van der Waals surface area (Å²) in [6, 6.07) is 7.00. The zero-order valence-corrected chi connectivity index (χ0v) is 12.7. The van der Waals surface area contributed by atoms with E-state index in [9.17, 15) is 9.18 Å². The van der Waals surface area contributed by atoms with Crippen molar-refractivity contribution in [3.63, 3.8) is 0 Å². The molecule has 0 unspecified atom stereocenters. The van der Waals surface area contributed by atoms with Crippen LogP contribution in [0.15, 0.2) is 29.6 Å². The van der Waals surface area contributed by atoms with Crippen molar-refractivity contribution in [2.24, 2.45) is 0 Å². The molecule has 0 saturated carbocycles. The average molecular weight is 317 g/mol. The molecule has 1 amide bonds. The molecule has 4 rings (SSSR count). The van der Waals surface area contributed by atoms with Crippen molar-refractivity contribution in [3.8, 4) is 10.6 Å². The van der Waals surface area contributed by atoms with Crippen molar-refractivity contribution < 1.29 is 9.18 Å². The van der Waals surface area contributed by atoms with Gasteiger partial charge in [0.2, 0.25) is 6.41 Å². The Morgan fingerprint density at radius 1 is 1.36 bits per heavy atom. The van der Waals surface area contributed by atoms with Gasteiger partial charge in [-0.2, -0.15) is 0 Å². The normalized spacial score (nSPS) is 27.1. The Morgan fingerprint density at radius 2 is 2.18 bits per heavy atom. The van der Waals surface area contributed by atoms with E-state index in [-0.39, 0.29) is 17.8 Å². The third-order valence-corrected chi connectivity index (χ3v) is 5.54. The second kappa shape index (κ2) is 5.44. The third-order valence-electron chi connectivity index (χ3n) is 4.63. The van der Waals surface area contributed by atoms with Gasteiger partial charge < -0.3 is 10.2 Å². The van der Waals surface area contributed by atoms with Gasteiger partial charge in [-0.1, -0.05) is 0 Å². The Kier molecular flexibility index (Phi) is 3.43. The molecular weight excluding hydrogens is 301 g/mol. The van der Waals surface area contributed by atoms with Gasteiger partial charge in [0.1, 0.15) is 10.8 Å². The number of rotatable bonds is 3. The predicted molar refractivity (Wildman–Crippen MR) is 83.2 cm³/mol. The van der Waals surface area contributed by atoms with Gasteiger partial charge in [0.25, 0.3) is 0 Å². The molecule has 22 heavy (non-hydrogen) atoms. The number of nitrogens with zero attached hydrogens (tertiary/aromatic N) is 2. The molecule has 0 spiro atoms. The van der Waals surface area contributed by atoms with E-state index in [2.05, 4.69) is 10.7 Å². The van der Waals surface area contributed by atoms with Crippen molar-refractivity contribution in [1.29, 1.82) is 0 Å². The summed E-state index contributed by atoms with van der Waals surface area (Å²) in [5.41, 5.74) is 1.96. The number of hydrogen-bond donors (Lipinski definition) is 1. The molecule has 0 bridgehead atoms. The van der Waals surface area contributed by atoms with E-state index >= 15 is 0 Å². The summed E-state index contributed by atoms with van der Waals surface area (Å²) in [6.45, 7) is 1.67. The van der Waals surface area contributed by atoms with Crippen molar-refractivity contribution >= 4 is 17.7 Å². The summed E-state index contributed by atoms with van der Waals surface area (Å²) in [7, 11) is 0. The van der Waals surface area contributed by atoms with Gasteiger partial charge in [0, 0.05) is 36.0 Å². The molecule has 0 radical (unpaired) electrons. The van der Waals surface area contributed by atoms with Gasteiger partial charge in [-0.15, -0.1) is 11.3 Å². The Balaban J connectivity index is 1.61. The third kappa shape index (κ3) is 2.23. The molecule has 0 aliphatic carbocycles. The maximum Gasteiger partial charge on any atom is 0.210 e. The molecule has 3 atom stereocenters. The number of hydrogen-bond acceptors (Lipinski definition) is 4. The zero-order valence-electron chi connectivity index (χ0n) is 11.9. The Hall–Kier alpha value is -1.79. The summed E-state index contributed by atoms with van der Waals surface area (Å²) < 4.78 is 13.0. The molecule has 2 fully saturated rings. The first-order valence-corrected chi connectivity index (χ1v) is 8.30. The number of amides is 1. The van der Waals surface area contributed by atoms with Crippen LogP contribution in [-0.2, 0) is 4.79 Å². The van der Waals surface area contributed by atoms with E-state index in [0.717, 1.165) is 42.2 Å². The molecule has 3 heterocycles. The van der Waals surface area contributed by atoms with E-state index in [0.29, 0.717) is 6.04 Å². The molecule has 1 aromatic heterocycles. The summed E-state index contributed by atoms with van der Waals surface area (Å²) in [5.74, 6) is -0.000840. The summed E-state index contributed by atoms with van der Waals surface area (Å²) >= 11 is 1.57. The van der Waals surface area contributed by atoms with Crippen LogP contribution in [0.2, 0.25) is 0 Å². The van der Waals surface area contributed by atoms with Gasteiger partial charge >= 0.3 is 0 Å². The number of likely N-dealkylation sites (tertiary alicyclic amines) is 1. The molecule has 1 N–H and O–H groups in total. The first kappa shape index (κ1) is 13.8. The van der Waals surface area contributed by atoms with Crippen molar-refractivity contribution in [1.82, 2.24) is 15.2 Å². The van der Waals surface area contributed by atoms with Gasteiger partial charge in [-0.3, -0.25) is 4.79 Å². The zero-order chi connectivity index (χ0) is 15.1. The Labute approximate surface area is 132 Å². The fourth-order valence-electron chi connectivity index (χ4n) is 3.56. The number of aromatic nitrogens is 1. The second-order valence-corrected chi connectivity index (χ2v) is 6.69. The van der Waals surface area contributed by atoms with Gasteiger partial charge in [0.15, 0.2) is 0 Å². The van der Waals surface area contributed by atoms with Gasteiger partial charge in [-0.05, 0) is 30.7 Å². The maximum absolute atomic E-state index is 13.0. The molecule has 4 nitrogen and oxygen atoms in total. The number of carbonyl (C=O) groups excluding carboxylic acids is 1. The molecule has 2 aromatic rings. The number of thiazole rings is 1. The lowest BCUT2D eigenvalue weighted by Crippen LogP contribution is -2.36. The predicted octanol–water partition coefficient (Wildman–Crippen LogP) is 2.24. The van der Waals surface area contributed by atoms with Gasteiger partial charge in [0.05, 0.1) is 11.7 Å². The molecule has 2 aliphatic rings. The van der Waals surface area contributed by atoms with Crippen LogP contribution in [0.4, 0.5) is 4.39 Å². The van der Waals surface area contributed by atoms with Crippen LogP contribution in [0, 0.1) is 5.82 Å². The fraction of sp³-hybridized carbons (Fsp3) is 0.375. The largest absolute Gasteiger partial charge is 0.340 e. The Morgan fingerprint density at radius 3 is 2.95 bits per heavy atom. The van der Waals surface area contributed by atoms with Crippen LogP contribution in [0.3, 0.4) is 0 Å². The highest BCUT2D eigenvalue weighted by atomic mass is 32.1. The Bertz CT molecular complexity index is 687. The second-order valence-electron chi connectivity index (χ2n) is 5.83. The van der Waals surface area contributed by atoms with Gasteiger partial charge in [-0.25, -0.2) is 9.37 Å². The van der Waals surface area contributed by atoms with Crippen LogP contribution in [-0.4, -0.2) is 41.5 Å². The molecule has 2 saturated heterocycles.